The molecule has 0 saturated heterocycles. The Hall–Kier alpha value is -1.50. The number of carbonyl (C=O) groups is 1. The minimum Gasteiger partial charge on any atom is -0.353 e. The van der Waals surface area contributed by atoms with Gasteiger partial charge in [0.25, 0.3) is 0 Å². The molecule has 0 spiro atoms. The molecule has 7 heteroatoms. The molecule has 0 heterocycles. The van der Waals surface area contributed by atoms with Crippen LogP contribution in [0.15, 0.2) is 29.2 Å². The highest BCUT2D eigenvalue weighted by Crippen LogP contribution is 2.18. The Kier molecular flexibility index (Phi) is 7.12. The third kappa shape index (κ3) is 6.25. The van der Waals surface area contributed by atoms with Crippen LogP contribution in [0, 0.1) is 5.92 Å². The van der Waals surface area contributed by atoms with E-state index in [0.717, 1.165) is 25.0 Å². The summed E-state index contributed by atoms with van der Waals surface area (Å²) in [5.41, 5.74) is 0.576. The minimum absolute atomic E-state index is 0.0587. The number of benzene rings is 1. The maximum atomic E-state index is 12.4. The van der Waals surface area contributed by atoms with Crippen molar-refractivity contribution in [1.82, 2.24) is 5.32 Å². The van der Waals surface area contributed by atoms with Gasteiger partial charge in [-0.2, -0.15) is 8.78 Å². The highest BCUT2D eigenvalue weighted by atomic mass is 32.2. The maximum Gasteiger partial charge on any atom is 0.341 e. The Balaban J connectivity index is 2.60. The molecule has 1 amide bonds. The fourth-order valence-electron chi connectivity index (χ4n) is 2.07. The molecule has 0 fully saturated rings. The zero-order valence-corrected chi connectivity index (χ0v) is 14.4. The van der Waals surface area contributed by atoms with Crippen LogP contribution in [0.5, 0.6) is 0 Å². The summed E-state index contributed by atoms with van der Waals surface area (Å²) in [4.78, 5) is 11.5. The van der Waals surface area contributed by atoms with E-state index >= 15 is 0 Å². The molecule has 1 rings (SSSR count). The van der Waals surface area contributed by atoms with Gasteiger partial charge in [-0.3, -0.25) is 4.79 Å². The molecular weight excluding hydrogens is 324 g/mol. The number of alkyl halides is 2. The Morgan fingerprint density at radius 3 is 2.13 bits per heavy atom. The van der Waals surface area contributed by atoms with Crippen LogP contribution in [0.2, 0.25) is 0 Å². The predicted molar refractivity (Wildman–Crippen MR) is 85.0 cm³/mol. The number of hydrogen-bond acceptors (Lipinski definition) is 3. The van der Waals surface area contributed by atoms with Crippen molar-refractivity contribution in [1.29, 1.82) is 0 Å². The molecule has 1 N–H and O–H groups in total. The normalized spacial score (nSPS) is 13.3. The molecule has 0 aliphatic heterocycles. The predicted octanol–water partition coefficient (Wildman–Crippen LogP) is 3.17. The maximum absolute atomic E-state index is 12.4. The van der Waals surface area contributed by atoms with E-state index < -0.39 is 20.5 Å². The molecule has 0 aliphatic rings. The van der Waals surface area contributed by atoms with E-state index in [-0.39, 0.29) is 18.4 Å². The number of rotatable bonds is 8. The van der Waals surface area contributed by atoms with E-state index in [9.17, 15) is 22.0 Å². The molecule has 130 valence electrons. The molecule has 1 atom stereocenters. The van der Waals surface area contributed by atoms with Crippen molar-refractivity contribution >= 4 is 15.7 Å². The van der Waals surface area contributed by atoms with Crippen LogP contribution in [0.1, 0.15) is 39.2 Å². The van der Waals surface area contributed by atoms with Crippen molar-refractivity contribution in [2.75, 3.05) is 0 Å². The van der Waals surface area contributed by atoms with Crippen molar-refractivity contribution in [3.8, 4) is 0 Å². The summed E-state index contributed by atoms with van der Waals surface area (Å²) in [5, 5.41) is 2.87. The number of carbonyl (C=O) groups excluding carboxylic acids is 1. The van der Waals surface area contributed by atoms with Gasteiger partial charge in [-0.15, -0.1) is 0 Å². The van der Waals surface area contributed by atoms with Crippen LogP contribution >= 0.6 is 0 Å². The van der Waals surface area contributed by atoms with Gasteiger partial charge in [-0.05, 0) is 43.4 Å². The first kappa shape index (κ1) is 19.5. The van der Waals surface area contributed by atoms with E-state index in [4.69, 9.17) is 0 Å². The number of halogens is 2. The zero-order chi connectivity index (χ0) is 17.6. The van der Waals surface area contributed by atoms with Crippen molar-refractivity contribution in [3.63, 3.8) is 0 Å². The number of nitrogens with one attached hydrogen (secondary N) is 1. The summed E-state index contributed by atoms with van der Waals surface area (Å²) < 4.78 is 47.5. The Bertz CT molecular complexity index is 613. The lowest BCUT2D eigenvalue weighted by molar-refractivity contribution is -0.121. The van der Waals surface area contributed by atoms with Gasteiger partial charge in [-0.1, -0.05) is 26.0 Å². The molecule has 1 aromatic rings. The SMILES string of the molecule is CC(C)CC[C@@H](C)NC(=O)Cc1ccc(S(=O)(=O)C(F)F)cc1. The summed E-state index contributed by atoms with van der Waals surface area (Å²) >= 11 is 0. The molecule has 0 bridgehead atoms. The number of sulfone groups is 1. The summed E-state index contributed by atoms with van der Waals surface area (Å²) in [6.07, 6.45) is 1.98. The highest BCUT2D eigenvalue weighted by molar-refractivity contribution is 7.91. The zero-order valence-electron chi connectivity index (χ0n) is 13.6. The van der Waals surface area contributed by atoms with Gasteiger partial charge in [0.05, 0.1) is 11.3 Å². The monoisotopic (exact) mass is 347 g/mol. The molecule has 0 unspecified atom stereocenters. The van der Waals surface area contributed by atoms with Crippen LogP contribution in [0.4, 0.5) is 8.78 Å². The highest BCUT2D eigenvalue weighted by Gasteiger charge is 2.26. The molecule has 23 heavy (non-hydrogen) atoms. The molecule has 1 aromatic carbocycles. The largest absolute Gasteiger partial charge is 0.353 e. The van der Waals surface area contributed by atoms with Crippen LogP contribution in [-0.2, 0) is 21.1 Å². The average Bonchev–Trinajstić information content (AvgIpc) is 2.45. The molecule has 0 saturated carbocycles. The molecular formula is C16H23F2NO3S. The van der Waals surface area contributed by atoms with Crippen LogP contribution in [0.25, 0.3) is 0 Å². The van der Waals surface area contributed by atoms with E-state index in [1.807, 2.05) is 6.92 Å². The van der Waals surface area contributed by atoms with Crippen molar-refractivity contribution in [3.05, 3.63) is 29.8 Å². The summed E-state index contributed by atoms with van der Waals surface area (Å²) in [7, 11) is -4.59. The van der Waals surface area contributed by atoms with Crippen molar-refractivity contribution in [2.45, 2.75) is 56.7 Å². The van der Waals surface area contributed by atoms with Gasteiger partial charge >= 0.3 is 5.76 Å². The fraction of sp³-hybridized carbons (Fsp3) is 0.562. The second-order valence-electron chi connectivity index (χ2n) is 6.07. The summed E-state index contributed by atoms with van der Waals surface area (Å²) in [5.74, 6) is -3.05. The van der Waals surface area contributed by atoms with Crippen molar-refractivity contribution < 1.29 is 22.0 Å². The lowest BCUT2D eigenvalue weighted by Crippen LogP contribution is -2.33. The third-order valence-corrected chi connectivity index (χ3v) is 4.83. The Morgan fingerprint density at radius 1 is 1.09 bits per heavy atom. The van der Waals surface area contributed by atoms with E-state index in [0.29, 0.717) is 11.5 Å². The van der Waals surface area contributed by atoms with Crippen LogP contribution in [0.3, 0.4) is 0 Å². The van der Waals surface area contributed by atoms with E-state index in [2.05, 4.69) is 19.2 Å². The summed E-state index contributed by atoms with van der Waals surface area (Å²) in [6, 6.07) is 5.03. The van der Waals surface area contributed by atoms with E-state index in [1.54, 1.807) is 0 Å². The molecule has 0 aromatic heterocycles. The van der Waals surface area contributed by atoms with Crippen molar-refractivity contribution in [2.24, 2.45) is 5.92 Å². The van der Waals surface area contributed by atoms with Gasteiger partial charge in [-0.25, -0.2) is 8.42 Å². The van der Waals surface area contributed by atoms with Crippen LogP contribution in [-0.4, -0.2) is 26.1 Å². The molecule has 0 aliphatic carbocycles. The smallest absolute Gasteiger partial charge is 0.341 e. The van der Waals surface area contributed by atoms with Gasteiger partial charge < -0.3 is 5.32 Å². The van der Waals surface area contributed by atoms with Gasteiger partial charge in [0.2, 0.25) is 15.7 Å². The minimum atomic E-state index is -4.59. The third-order valence-electron chi connectivity index (χ3n) is 3.44. The topological polar surface area (TPSA) is 63.2 Å². The first-order chi connectivity index (χ1) is 10.6. The fourth-order valence-corrected chi connectivity index (χ4v) is 2.79. The van der Waals surface area contributed by atoms with Gasteiger partial charge in [0.15, 0.2) is 0 Å². The van der Waals surface area contributed by atoms with Gasteiger partial charge in [0, 0.05) is 6.04 Å². The molecule has 0 radical (unpaired) electrons. The van der Waals surface area contributed by atoms with E-state index in [1.165, 1.54) is 12.1 Å². The lowest BCUT2D eigenvalue weighted by atomic mass is 10.0. The summed E-state index contributed by atoms with van der Waals surface area (Å²) in [6.45, 7) is 6.16. The number of amides is 1. The number of hydrogen-bond donors (Lipinski definition) is 1. The standard InChI is InChI=1S/C16H23F2NO3S/c1-11(2)4-5-12(3)19-15(20)10-13-6-8-14(9-7-13)23(21,22)16(17)18/h6-9,11-12,16H,4-5,10H2,1-3H3,(H,19,20)/t12-/m1/s1. The average molecular weight is 347 g/mol. The quantitative estimate of drug-likeness (QED) is 0.786. The van der Waals surface area contributed by atoms with Crippen LogP contribution < -0.4 is 5.32 Å². The first-order valence-electron chi connectivity index (χ1n) is 7.53. The Morgan fingerprint density at radius 2 is 1.65 bits per heavy atom. The Labute approximate surface area is 136 Å². The van der Waals surface area contributed by atoms with Gasteiger partial charge in [0.1, 0.15) is 0 Å². The first-order valence-corrected chi connectivity index (χ1v) is 9.08. The molecule has 4 nitrogen and oxygen atoms in total. The lowest BCUT2D eigenvalue weighted by Gasteiger charge is -2.15. The second-order valence-corrected chi connectivity index (χ2v) is 7.98. The second kappa shape index (κ2) is 8.38.